The van der Waals surface area contributed by atoms with Gasteiger partial charge in [-0.1, -0.05) is 24.3 Å². The second-order valence-electron chi connectivity index (χ2n) is 7.25. The summed E-state index contributed by atoms with van der Waals surface area (Å²) < 4.78 is 5.48. The zero-order valence-electron chi connectivity index (χ0n) is 16.9. The van der Waals surface area contributed by atoms with Gasteiger partial charge in [0.2, 0.25) is 0 Å². The summed E-state index contributed by atoms with van der Waals surface area (Å²) in [6.07, 6.45) is 2.83. The van der Waals surface area contributed by atoms with Crippen molar-refractivity contribution in [3.8, 4) is 5.75 Å². The molecule has 0 atom stereocenters. The van der Waals surface area contributed by atoms with E-state index in [4.69, 9.17) is 4.74 Å². The zero-order chi connectivity index (χ0) is 20.6. The van der Waals surface area contributed by atoms with Crippen LogP contribution >= 0.6 is 11.3 Å². The van der Waals surface area contributed by atoms with Crippen LogP contribution in [0.3, 0.4) is 0 Å². The molecule has 1 N–H and O–H groups in total. The van der Waals surface area contributed by atoms with Gasteiger partial charge in [-0.25, -0.2) is 4.98 Å². The molecule has 3 heterocycles. The van der Waals surface area contributed by atoms with Gasteiger partial charge in [-0.05, 0) is 42.1 Å². The molecule has 0 unspecified atom stereocenters. The van der Waals surface area contributed by atoms with E-state index in [0.29, 0.717) is 11.4 Å². The molecule has 1 aliphatic rings. The van der Waals surface area contributed by atoms with Crippen LogP contribution in [0.1, 0.15) is 11.3 Å². The molecular weight excluding hydrogens is 396 g/mol. The van der Waals surface area contributed by atoms with E-state index in [9.17, 15) is 4.79 Å². The van der Waals surface area contributed by atoms with Crippen molar-refractivity contribution in [1.82, 2.24) is 9.88 Å². The van der Waals surface area contributed by atoms with Crippen LogP contribution in [0.5, 0.6) is 5.75 Å². The van der Waals surface area contributed by atoms with Crippen molar-refractivity contribution in [3.63, 3.8) is 0 Å². The summed E-state index contributed by atoms with van der Waals surface area (Å²) in [5.74, 6) is 1.43. The molecule has 0 radical (unpaired) electrons. The van der Waals surface area contributed by atoms with Crippen LogP contribution in [0, 0.1) is 0 Å². The van der Waals surface area contributed by atoms with E-state index < -0.39 is 0 Å². The quantitative estimate of drug-likeness (QED) is 0.626. The monoisotopic (exact) mass is 422 g/mol. The first-order valence-corrected chi connectivity index (χ1v) is 11.1. The minimum Gasteiger partial charge on any atom is -0.484 e. The predicted molar refractivity (Wildman–Crippen MR) is 121 cm³/mol. The number of benzene rings is 1. The van der Waals surface area contributed by atoms with Crippen molar-refractivity contribution >= 4 is 28.7 Å². The topological polar surface area (TPSA) is 57.7 Å². The van der Waals surface area contributed by atoms with E-state index in [1.807, 2.05) is 53.8 Å². The highest BCUT2D eigenvalue weighted by molar-refractivity contribution is 7.09. The number of hydrogen-bond acceptors (Lipinski definition) is 6. The van der Waals surface area contributed by atoms with Crippen molar-refractivity contribution in [3.05, 3.63) is 71.1 Å². The Morgan fingerprint density at radius 1 is 1.03 bits per heavy atom. The normalized spacial score (nSPS) is 14.9. The van der Waals surface area contributed by atoms with E-state index in [1.54, 1.807) is 6.20 Å². The lowest BCUT2D eigenvalue weighted by Gasteiger charge is -2.22. The number of carbonyl (C=O) groups is 1. The molecule has 1 fully saturated rings. The van der Waals surface area contributed by atoms with Crippen LogP contribution in [-0.2, 0) is 11.3 Å². The first-order chi connectivity index (χ1) is 14.8. The number of carbonyl (C=O) groups excluding carboxylic acids is 1. The van der Waals surface area contributed by atoms with Crippen LogP contribution in [0.2, 0.25) is 0 Å². The fourth-order valence-corrected chi connectivity index (χ4v) is 4.24. The minimum absolute atomic E-state index is 0.0298. The summed E-state index contributed by atoms with van der Waals surface area (Å²) in [7, 11) is 0. The van der Waals surface area contributed by atoms with Gasteiger partial charge < -0.3 is 15.0 Å². The van der Waals surface area contributed by atoms with Gasteiger partial charge in [0.25, 0.3) is 5.91 Å². The van der Waals surface area contributed by atoms with Crippen LogP contribution in [0.15, 0.2) is 66.2 Å². The molecule has 1 aliphatic heterocycles. The molecule has 3 aromatic rings. The minimum atomic E-state index is -0.201. The Hall–Kier alpha value is -2.90. The van der Waals surface area contributed by atoms with Gasteiger partial charge in [0.15, 0.2) is 6.61 Å². The molecule has 156 valence electrons. The molecule has 2 aromatic heterocycles. The fourth-order valence-electron chi connectivity index (χ4n) is 3.49. The Morgan fingerprint density at radius 2 is 1.93 bits per heavy atom. The molecule has 1 saturated heterocycles. The molecule has 0 spiro atoms. The van der Waals surface area contributed by atoms with Crippen molar-refractivity contribution in [1.29, 1.82) is 0 Å². The maximum atomic E-state index is 12.1. The Balaban J connectivity index is 1.26. The van der Waals surface area contributed by atoms with Crippen LogP contribution in [-0.4, -0.2) is 48.6 Å². The van der Waals surface area contributed by atoms with E-state index in [-0.39, 0.29) is 12.5 Å². The third kappa shape index (κ3) is 5.81. The van der Waals surface area contributed by atoms with Gasteiger partial charge >= 0.3 is 0 Å². The lowest BCUT2D eigenvalue weighted by atomic mass is 10.3. The number of amides is 1. The smallest absolute Gasteiger partial charge is 0.262 e. The number of ether oxygens (including phenoxy) is 1. The number of thiophene rings is 1. The lowest BCUT2D eigenvalue weighted by Crippen LogP contribution is -2.30. The number of anilines is 2. The molecule has 0 saturated carbocycles. The van der Waals surface area contributed by atoms with Crippen molar-refractivity contribution in [2.24, 2.45) is 0 Å². The summed E-state index contributed by atoms with van der Waals surface area (Å²) in [5, 5.41) is 4.97. The van der Waals surface area contributed by atoms with Crippen molar-refractivity contribution < 1.29 is 9.53 Å². The van der Waals surface area contributed by atoms with Crippen molar-refractivity contribution in [2.75, 3.05) is 43.0 Å². The Bertz CT molecular complexity index is 916. The molecule has 1 amide bonds. The average Bonchev–Trinajstić information content (AvgIpc) is 3.18. The highest BCUT2D eigenvalue weighted by atomic mass is 32.1. The van der Waals surface area contributed by atoms with Gasteiger partial charge in [0.05, 0.1) is 11.9 Å². The molecule has 30 heavy (non-hydrogen) atoms. The fraction of sp³-hybridized carbons (Fsp3) is 0.304. The van der Waals surface area contributed by atoms with Gasteiger partial charge in [-0.3, -0.25) is 9.69 Å². The summed E-state index contributed by atoms with van der Waals surface area (Å²) in [6.45, 7) is 5.06. The number of nitrogens with zero attached hydrogens (tertiary/aromatic N) is 3. The maximum absolute atomic E-state index is 12.1. The summed E-state index contributed by atoms with van der Waals surface area (Å²) >= 11 is 1.82. The van der Waals surface area contributed by atoms with E-state index in [2.05, 4.69) is 37.6 Å². The first kappa shape index (κ1) is 20.4. The van der Waals surface area contributed by atoms with E-state index in [0.717, 1.165) is 45.0 Å². The number of para-hydroxylation sites is 1. The molecule has 7 heteroatoms. The molecule has 0 aliphatic carbocycles. The van der Waals surface area contributed by atoms with E-state index >= 15 is 0 Å². The van der Waals surface area contributed by atoms with Gasteiger partial charge in [-0.15, -0.1) is 11.3 Å². The summed E-state index contributed by atoms with van der Waals surface area (Å²) in [6, 6.07) is 17.5. The second kappa shape index (κ2) is 10.2. The zero-order valence-corrected chi connectivity index (χ0v) is 17.7. The van der Waals surface area contributed by atoms with Crippen LogP contribution in [0.25, 0.3) is 0 Å². The van der Waals surface area contributed by atoms with Crippen molar-refractivity contribution in [2.45, 2.75) is 13.0 Å². The summed E-state index contributed by atoms with van der Waals surface area (Å²) in [4.78, 5) is 22.9. The number of hydrogen-bond donors (Lipinski definition) is 1. The highest BCUT2D eigenvalue weighted by Gasteiger charge is 2.16. The third-order valence-electron chi connectivity index (χ3n) is 5.02. The average molecular weight is 423 g/mol. The van der Waals surface area contributed by atoms with Gasteiger partial charge in [0, 0.05) is 37.6 Å². The molecule has 4 rings (SSSR count). The number of rotatable bonds is 7. The molecule has 1 aromatic carbocycles. The SMILES string of the molecule is O=C(COc1ccccc1)Nc1ccc(N2CCCN(Cc3cccs3)CC2)nc1. The van der Waals surface area contributed by atoms with Crippen LogP contribution in [0.4, 0.5) is 11.5 Å². The Morgan fingerprint density at radius 3 is 2.70 bits per heavy atom. The number of nitrogens with one attached hydrogen (secondary N) is 1. The van der Waals surface area contributed by atoms with Gasteiger partial charge in [0.1, 0.15) is 11.6 Å². The standard InChI is InChI=1S/C23H26N4O2S/c28-23(18-29-20-6-2-1-3-7-20)25-19-9-10-22(24-16-19)27-12-5-11-26(13-14-27)17-21-8-4-15-30-21/h1-4,6-10,15-16H,5,11-14,17-18H2,(H,25,28). The highest BCUT2D eigenvalue weighted by Crippen LogP contribution is 2.18. The molecular formula is C23H26N4O2S. The Labute approximate surface area is 181 Å². The summed E-state index contributed by atoms with van der Waals surface area (Å²) in [5.41, 5.74) is 0.676. The number of aromatic nitrogens is 1. The first-order valence-electron chi connectivity index (χ1n) is 10.2. The predicted octanol–water partition coefficient (Wildman–Crippen LogP) is 3.87. The largest absolute Gasteiger partial charge is 0.484 e. The van der Waals surface area contributed by atoms with E-state index in [1.165, 1.54) is 4.88 Å². The number of pyridine rings is 1. The van der Waals surface area contributed by atoms with Gasteiger partial charge in [-0.2, -0.15) is 0 Å². The Kier molecular flexibility index (Phi) is 6.95. The third-order valence-corrected chi connectivity index (χ3v) is 5.88. The molecule has 6 nitrogen and oxygen atoms in total. The van der Waals surface area contributed by atoms with Crippen LogP contribution < -0.4 is 15.0 Å². The second-order valence-corrected chi connectivity index (χ2v) is 8.28. The lowest BCUT2D eigenvalue weighted by molar-refractivity contribution is -0.118. The molecule has 0 bridgehead atoms. The maximum Gasteiger partial charge on any atom is 0.262 e.